The number of benzene rings is 5. The van der Waals surface area contributed by atoms with Crippen LogP contribution in [0.2, 0.25) is 0 Å². The highest BCUT2D eigenvalue weighted by molar-refractivity contribution is 6.29. The molecule has 0 amide bonds. The lowest BCUT2D eigenvalue weighted by Gasteiger charge is -2.14. The number of nitro groups is 1. The highest BCUT2D eigenvalue weighted by atomic mass is 16.6. The molecule has 0 bridgehead atoms. The van der Waals surface area contributed by atoms with Crippen LogP contribution in [0.5, 0.6) is 0 Å². The molecule has 0 saturated heterocycles. The summed E-state index contributed by atoms with van der Waals surface area (Å²) < 4.78 is 0. The van der Waals surface area contributed by atoms with Crippen molar-refractivity contribution in [2.75, 3.05) is 0 Å². The zero-order valence-electron chi connectivity index (χ0n) is 14.2. The van der Waals surface area contributed by atoms with E-state index in [1.54, 1.807) is 30.3 Å². The van der Waals surface area contributed by atoms with Crippen molar-refractivity contribution in [3.05, 3.63) is 100 Å². The summed E-state index contributed by atoms with van der Waals surface area (Å²) in [5, 5.41) is 16.8. The van der Waals surface area contributed by atoms with Gasteiger partial charge in [0.15, 0.2) is 5.78 Å². The van der Waals surface area contributed by atoms with Gasteiger partial charge in [0, 0.05) is 22.6 Å². The molecule has 0 unspecified atom stereocenters. The molecular formula is C23H13NO3. The summed E-state index contributed by atoms with van der Waals surface area (Å²) in [4.78, 5) is 24.5. The number of hydrogen-bond donors (Lipinski definition) is 0. The van der Waals surface area contributed by atoms with E-state index in [0.29, 0.717) is 16.5 Å². The molecule has 0 atom stereocenters. The van der Waals surface area contributed by atoms with Crippen LogP contribution < -0.4 is 0 Å². The second-order valence-electron chi connectivity index (χ2n) is 6.58. The molecule has 0 spiro atoms. The fourth-order valence-electron chi connectivity index (χ4n) is 3.90. The van der Waals surface area contributed by atoms with E-state index in [0.717, 1.165) is 26.9 Å². The fourth-order valence-corrected chi connectivity index (χ4v) is 3.90. The first-order chi connectivity index (χ1) is 13.1. The van der Waals surface area contributed by atoms with Crippen LogP contribution in [0.3, 0.4) is 0 Å². The zero-order chi connectivity index (χ0) is 18.5. The normalized spacial score (nSPS) is 11.4. The van der Waals surface area contributed by atoms with Crippen molar-refractivity contribution in [1.29, 1.82) is 0 Å². The van der Waals surface area contributed by atoms with Gasteiger partial charge in [-0.25, -0.2) is 0 Å². The van der Waals surface area contributed by atoms with Crippen molar-refractivity contribution in [3.63, 3.8) is 0 Å². The summed E-state index contributed by atoms with van der Waals surface area (Å²) in [7, 11) is 0. The number of hydrogen-bond acceptors (Lipinski definition) is 3. The number of carbonyl (C=O) groups is 1. The minimum absolute atomic E-state index is 0.0416. The molecule has 0 N–H and O–H groups in total. The molecule has 27 heavy (non-hydrogen) atoms. The van der Waals surface area contributed by atoms with Gasteiger partial charge in [0.25, 0.3) is 5.69 Å². The van der Waals surface area contributed by atoms with Crippen molar-refractivity contribution in [3.8, 4) is 0 Å². The molecule has 0 radical (unpaired) electrons. The summed E-state index contributed by atoms with van der Waals surface area (Å²) in [6, 6.07) is 23.8. The summed E-state index contributed by atoms with van der Waals surface area (Å²) in [5.74, 6) is -0.211. The minimum Gasteiger partial charge on any atom is -0.289 e. The average Bonchev–Trinajstić information content (AvgIpc) is 2.71. The van der Waals surface area contributed by atoms with Crippen LogP contribution in [0.15, 0.2) is 78.9 Å². The monoisotopic (exact) mass is 351 g/mol. The van der Waals surface area contributed by atoms with Gasteiger partial charge in [-0.15, -0.1) is 0 Å². The predicted octanol–water partition coefficient (Wildman–Crippen LogP) is 5.72. The standard InChI is InChI=1S/C23H13NO3/c25-23(16-5-2-1-3-6-16)19-13-20(24(26)27)18-12-10-15-8-4-7-14-9-11-17(19)22(18)21(14)15/h1-13H. The van der Waals surface area contributed by atoms with Gasteiger partial charge in [-0.1, -0.05) is 66.7 Å². The molecule has 0 aliphatic heterocycles. The lowest BCUT2D eigenvalue weighted by Crippen LogP contribution is -2.04. The van der Waals surface area contributed by atoms with Crippen molar-refractivity contribution in [1.82, 2.24) is 0 Å². The minimum atomic E-state index is -0.409. The Balaban J connectivity index is 1.97. The van der Waals surface area contributed by atoms with Crippen LogP contribution >= 0.6 is 0 Å². The first kappa shape index (κ1) is 15.5. The van der Waals surface area contributed by atoms with Gasteiger partial charge >= 0.3 is 0 Å². The summed E-state index contributed by atoms with van der Waals surface area (Å²) in [6.45, 7) is 0. The number of ketones is 1. The van der Waals surface area contributed by atoms with Crippen LogP contribution in [-0.4, -0.2) is 10.7 Å². The predicted molar refractivity (Wildman–Crippen MR) is 107 cm³/mol. The van der Waals surface area contributed by atoms with E-state index in [1.807, 2.05) is 42.5 Å². The number of nitrogens with zero attached hydrogens (tertiary/aromatic N) is 1. The largest absolute Gasteiger partial charge is 0.289 e. The maximum atomic E-state index is 13.1. The first-order valence-corrected chi connectivity index (χ1v) is 8.60. The number of carbonyl (C=O) groups excluding carboxylic acids is 1. The Labute approximate surface area is 154 Å². The molecule has 0 heterocycles. The summed E-state index contributed by atoms with van der Waals surface area (Å²) >= 11 is 0. The van der Waals surface area contributed by atoms with Crippen LogP contribution in [0.4, 0.5) is 5.69 Å². The Bertz CT molecular complexity index is 1340. The third-order valence-corrected chi connectivity index (χ3v) is 5.10. The molecule has 0 aromatic heterocycles. The van der Waals surface area contributed by atoms with Gasteiger partial charge in [-0.3, -0.25) is 14.9 Å². The van der Waals surface area contributed by atoms with Crippen LogP contribution in [0.25, 0.3) is 32.3 Å². The summed E-state index contributed by atoms with van der Waals surface area (Å²) in [6.07, 6.45) is 0. The Hall–Kier alpha value is -3.79. The van der Waals surface area contributed by atoms with Gasteiger partial charge in [0.05, 0.1) is 10.3 Å². The van der Waals surface area contributed by atoms with Crippen molar-refractivity contribution in [2.45, 2.75) is 0 Å². The van der Waals surface area contributed by atoms with Crippen LogP contribution in [-0.2, 0) is 0 Å². The van der Waals surface area contributed by atoms with Gasteiger partial charge in [-0.2, -0.15) is 0 Å². The van der Waals surface area contributed by atoms with E-state index in [2.05, 4.69) is 0 Å². The van der Waals surface area contributed by atoms with E-state index in [9.17, 15) is 14.9 Å². The Morgan fingerprint density at radius 2 is 1.41 bits per heavy atom. The van der Waals surface area contributed by atoms with Crippen molar-refractivity contribution >= 4 is 43.8 Å². The van der Waals surface area contributed by atoms with Crippen molar-refractivity contribution in [2.24, 2.45) is 0 Å². The van der Waals surface area contributed by atoms with Gasteiger partial charge in [0.1, 0.15) is 0 Å². The molecular weight excluding hydrogens is 338 g/mol. The van der Waals surface area contributed by atoms with E-state index >= 15 is 0 Å². The molecule has 4 nitrogen and oxygen atoms in total. The Morgan fingerprint density at radius 3 is 2.07 bits per heavy atom. The lowest BCUT2D eigenvalue weighted by atomic mass is 9.89. The Kier molecular flexibility index (Phi) is 3.21. The quantitative estimate of drug-likeness (QED) is 0.181. The molecule has 4 heteroatoms. The average molecular weight is 351 g/mol. The molecule has 5 aromatic rings. The first-order valence-electron chi connectivity index (χ1n) is 8.60. The fraction of sp³-hybridized carbons (Fsp3) is 0. The molecule has 0 fully saturated rings. The highest BCUT2D eigenvalue weighted by Gasteiger charge is 2.23. The molecule has 0 aliphatic carbocycles. The van der Waals surface area contributed by atoms with E-state index < -0.39 is 4.92 Å². The van der Waals surface area contributed by atoms with Crippen molar-refractivity contribution < 1.29 is 9.72 Å². The third-order valence-electron chi connectivity index (χ3n) is 5.10. The lowest BCUT2D eigenvalue weighted by molar-refractivity contribution is -0.383. The van der Waals surface area contributed by atoms with Gasteiger partial charge < -0.3 is 0 Å². The van der Waals surface area contributed by atoms with E-state index in [-0.39, 0.29) is 11.5 Å². The maximum absolute atomic E-state index is 13.1. The molecule has 5 aromatic carbocycles. The molecule has 0 saturated carbocycles. The SMILES string of the molecule is O=C(c1ccccc1)c1cc([N+](=O)[O-])c2ccc3cccc4ccc1c2c43. The molecule has 128 valence electrons. The van der Waals surface area contributed by atoms with Gasteiger partial charge in [0.2, 0.25) is 0 Å². The van der Waals surface area contributed by atoms with E-state index in [1.165, 1.54) is 6.07 Å². The third kappa shape index (κ3) is 2.20. The zero-order valence-corrected chi connectivity index (χ0v) is 14.2. The van der Waals surface area contributed by atoms with E-state index in [4.69, 9.17) is 0 Å². The molecule has 5 rings (SSSR count). The highest BCUT2D eigenvalue weighted by Crippen LogP contribution is 2.40. The Morgan fingerprint density at radius 1 is 0.741 bits per heavy atom. The molecule has 0 aliphatic rings. The number of rotatable bonds is 3. The topological polar surface area (TPSA) is 60.2 Å². The summed E-state index contributed by atoms with van der Waals surface area (Å²) in [5.41, 5.74) is 0.834. The second-order valence-corrected chi connectivity index (χ2v) is 6.58. The van der Waals surface area contributed by atoms with Crippen LogP contribution in [0, 0.1) is 10.1 Å². The van der Waals surface area contributed by atoms with Gasteiger partial charge in [-0.05, 0) is 27.6 Å². The maximum Gasteiger partial charge on any atom is 0.277 e. The van der Waals surface area contributed by atoms with Crippen LogP contribution in [0.1, 0.15) is 15.9 Å². The number of non-ortho nitro benzene ring substituents is 1. The number of nitro benzene ring substituents is 1. The second kappa shape index (κ2) is 5.61. The smallest absolute Gasteiger partial charge is 0.277 e.